The summed E-state index contributed by atoms with van der Waals surface area (Å²) >= 11 is 0. The molecule has 0 aliphatic carbocycles. The molecule has 0 saturated heterocycles. The highest BCUT2D eigenvalue weighted by Crippen LogP contribution is 2.26. The molecule has 0 saturated carbocycles. The van der Waals surface area contributed by atoms with Gasteiger partial charge in [0.05, 0.1) is 5.69 Å². The Morgan fingerprint density at radius 3 is 2.48 bits per heavy atom. The molecule has 3 rings (SSSR count). The SMILES string of the molecule is CC(=O)c1ccc(-c2nc(C(N)=O)c3n2CCCN(C)C3)cc1. The molecule has 1 aliphatic heterocycles. The van der Waals surface area contributed by atoms with Crippen molar-refractivity contribution in [3.63, 3.8) is 0 Å². The van der Waals surface area contributed by atoms with E-state index in [0.717, 1.165) is 36.6 Å². The predicted octanol–water partition coefficient (Wildman–Crippen LogP) is 1.69. The Labute approximate surface area is 134 Å². The van der Waals surface area contributed by atoms with Gasteiger partial charge in [-0.05, 0) is 26.9 Å². The van der Waals surface area contributed by atoms with Gasteiger partial charge in [0, 0.05) is 24.2 Å². The standard InChI is InChI=1S/C17H20N4O2/c1-11(22)12-4-6-13(7-5-12)17-19-15(16(18)23)14-10-20(2)8-3-9-21(14)17/h4-7H,3,8-10H2,1-2H3,(H2,18,23). The number of benzene rings is 1. The molecule has 0 fully saturated rings. The Morgan fingerprint density at radius 1 is 1.17 bits per heavy atom. The lowest BCUT2D eigenvalue weighted by molar-refractivity contribution is 0.0991. The number of imidazole rings is 1. The summed E-state index contributed by atoms with van der Waals surface area (Å²) in [5, 5.41) is 0. The first kappa shape index (κ1) is 15.4. The molecule has 120 valence electrons. The lowest BCUT2D eigenvalue weighted by Gasteiger charge is -2.12. The molecular weight excluding hydrogens is 292 g/mol. The van der Waals surface area contributed by atoms with Crippen molar-refractivity contribution < 1.29 is 9.59 Å². The molecule has 1 amide bonds. The Kier molecular flexibility index (Phi) is 4.00. The number of aromatic nitrogens is 2. The Balaban J connectivity index is 2.10. The second-order valence-electron chi connectivity index (χ2n) is 5.97. The maximum atomic E-state index is 11.8. The van der Waals surface area contributed by atoms with E-state index in [1.54, 1.807) is 12.1 Å². The highest BCUT2D eigenvalue weighted by atomic mass is 16.1. The third kappa shape index (κ3) is 2.90. The molecule has 6 heteroatoms. The highest BCUT2D eigenvalue weighted by Gasteiger charge is 2.24. The third-order valence-corrected chi connectivity index (χ3v) is 4.20. The monoisotopic (exact) mass is 312 g/mol. The van der Waals surface area contributed by atoms with Gasteiger partial charge in [-0.2, -0.15) is 0 Å². The van der Waals surface area contributed by atoms with Gasteiger partial charge in [-0.15, -0.1) is 0 Å². The minimum Gasteiger partial charge on any atom is -0.364 e. The molecule has 0 unspecified atom stereocenters. The molecule has 6 nitrogen and oxygen atoms in total. The van der Waals surface area contributed by atoms with E-state index >= 15 is 0 Å². The topological polar surface area (TPSA) is 81.2 Å². The molecule has 2 heterocycles. The number of Topliss-reactive ketones (excluding diaryl/α,β-unsaturated/α-hetero) is 1. The lowest BCUT2D eigenvalue weighted by atomic mass is 10.1. The number of carbonyl (C=O) groups excluding carboxylic acids is 2. The summed E-state index contributed by atoms with van der Waals surface area (Å²) in [5.41, 5.74) is 8.25. The van der Waals surface area contributed by atoms with Crippen molar-refractivity contribution >= 4 is 11.7 Å². The van der Waals surface area contributed by atoms with E-state index in [-0.39, 0.29) is 5.78 Å². The van der Waals surface area contributed by atoms with Crippen LogP contribution >= 0.6 is 0 Å². The summed E-state index contributed by atoms with van der Waals surface area (Å²) in [7, 11) is 2.02. The quantitative estimate of drug-likeness (QED) is 0.874. The number of ketones is 1. The van der Waals surface area contributed by atoms with Gasteiger partial charge in [-0.1, -0.05) is 24.3 Å². The van der Waals surface area contributed by atoms with Crippen molar-refractivity contribution in [3.05, 3.63) is 41.2 Å². The van der Waals surface area contributed by atoms with E-state index in [4.69, 9.17) is 5.73 Å². The van der Waals surface area contributed by atoms with Crippen LogP contribution in [-0.4, -0.2) is 39.7 Å². The van der Waals surface area contributed by atoms with Gasteiger partial charge < -0.3 is 15.2 Å². The van der Waals surface area contributed by atoms with Crippen molar-refractivity contribution in [2.45, 2.75) is 26.4 Å². The van der Waals surface area contributed by atoms with Gasteiger partial charge in [0.25, 0.3) is 5.91 Å². The van der Waals surface area contributed by atoms with Crippen molar-refractivity contribution in [1.29, 1.82) is 0 Å². The summed E-state index contributed by atoms with van der Waals surface area (Å²) in [6, 6.07) is 7.30. The van der Waals surface area contributed by atoms with Crippen LogP contribution in [0.2, 0.25) is 0 Å². The second-order valence-corrected chi connectivity index (χ2v) is 5.97. The van der Waals surface area contributed by atoms with Gasteiger partial charge >= 0.3 is 0 Å². The van der Waals surface area contributed by atoms with Crippen LogP contribution in [0.15, 0.2) is 24.3 Å². The smallest absolute Gasteiger partial charge is 0.269 e. The number of carbonyl (C=O) groups is 2. The summed E-state index contributed by atoms with van der Waals surface area (Å²) in [4.78, 5) is 29.8. The number of primary amides is 1. The fourth-order valence-corrected chi connectivity index (χ4v) is 2.99. The van der Waals surface area contributed by atoms with Crippen LogP contribution in [0.5, 0.6) is 0 Å². The van der Waals surface area contributed by atoms with Crippen molar-refractivity contribution in [2.75, 3.05) is 13.6 Å². The number of amides is 1. The van der Waals surface area contributed by atoms with Crippen LogP contribution in [0, 0.1) is 0 Å². The van der Waals surface area contributed by atoms with Crippen LogP contribution in [-0.2, 0) is 13.1 Å². The van der Waals surface area contributed by atoms with E-state index < -0.39 is 5.91 Å². The van der Waals surface area contributed by atoms with Gasteiger partial charge in [-0.3, -0.25) is 9.59 Å². The molecule has 2 N–H and O–H groups in total. The molecule has 23 heavy (non-hydrogen) atoms. The summed E-state index contributed by atoms with van der Waals surface area (Å²) < 4.78 is 2.08. The molecule has 0 bridgehead atoms. The summed E-state index contributed by atoms with van der Waals surface area (Å²) in [6.07, 6.45) is 0.983. The lowest BCUT2D eigenvalue weighted by Crippen LogP contribution is -2.21. The Morgan fingerprint density at radius 2 is 1.87 bits per heavy atom. The maximum Gasteiger partial charge on any atom is 0.269 e. The van der Waals surface area contributed by atoms with Crippen LogP contribution in [0.4, 0.5) is 0 Å². The third-order valence-electron chi connectivity index (χ3n) is 4.20. The molecule has 0 spiro atoms. The van der Waals surface area contributed by atoms with E-state index in [2.05, 4.69) is 14.5 Å². The van der Waals surface area contributed by atoms with Crippen LogP contribution in [0.1, 0.15) is 39.9 Å². The summed E-state index contributed by atoms with van der Waals surface area (Å²) in [6.45, 7) is 3.95. The molecule has 1 aromatic carbocycles. The minimum absolute atomic E-state index is 0.0259. The average molecular weight is 312 g/mol. The van der Waals surface area contributed by atoms with Gasteiger partial charge in [-0.25, -0.2) is 4.98 Å². The van der Waals surface area contributed by atoms with Crippen molar-refractivity contribution in [1.82, 2.24) is 14.5 Å². The van der Waals surface area contributed by atoms with Gasteiger partial charge in [0.1, 0.15) is 5.82 Å². The largest absolute Gasteiger partial charge is 0.364 e. The van der Waals surface area contributed by atoms with Crippen LogP contribution < -0.4 is 5.73 Å². The van der Waals surface area contributed by atoms with E-state index in [0.29, 0.717) is 17.8 Å². The molecule has 0 radical (unpaired) electrons. The van der Waals surface area contributed by atoms with E-state index in [1.807, 2.05) is 19.2 Å². The Bertz CT molecular complexity index is 762. The fraction of sp³-hybridized carbons (Fsp3) is 0.353. The number of nitrogens with two attached hydrogens (primary N) is 1. The van der Waals surface area contributed by atoms with Crippen molar-refractivity contribution in [3.8, 4) is 11.4 Å². The zero-order chi connectivity index (χ0) is 16.6. The van der Waals surface area contributed by atoms with Gasteiger partial charge in [0.15, 0.2) is 11.5 Å². The minimum atomic E-state index is -0.504. The first-order valence-electron chi connectivity index (χ1n) is 7.66. The Hall–Kier alpha value is -2.47. The number of fused-ring (bicyclic) bond motifs is 1. The molecule has 0 atom stereocenters. The average Bonchev–Trinajstić information content (AvgIpc) is 2.75. The van der Waals surface area contributed by atoms with Crippen molar-refractivity contribution in [2.24, 2.45) is 5.73 Å². The zero-order valence-electron chi connectivity index (χ0n) is 13.4. The normalized spacial score (nSPS) is 15.0. The van der Waals surface area contributed by atoms with Gasteiger partial charge in [0.2, 0.25) is 0 Å². The number of rotatable bonds is 3. The zero-order valence-corrected chi connectivity index (χ0v) is 13.4. The highest BCUT2D eigenvalue weighted by molar-refractivity contribution is 5.95. The molecule has 2 aromatic rings. The number of nitrogens with zero attached hydrogens (tertiary/aromatic N) is 3. The fourth-order valence-electron chi connectivity index (χ4n) is 2.99. The predicted molar refractivity (Wildman–Crippen MR) is 87.1 cm³/mol. The first-order valence-corrected chi connectivity index (χ1v) is 7.66. The number of hydrogen-bond acceptors (Lipinski definition) is 4. The number of hydrogen-bond donors (Lipinski definition) is 1. The van der Waals surface area contributed by atoms with E-state index in [1.165, 1.54) is 6.92 Å². The van der Waals surface area contributed by atoms with E-state index in [9.17, 15) is 9.59 Å². The second kappa shape index (κ2) is 5.96. The molecular formula is C17H20N4O2. The van der Waals surface area contributed by atoms with Crippen LogP contribution in [0.25, 0.3) is 11.4 Å². The van der Waals surface area contributed by atoms with Crippen LogP contribution in [0.3, 0.4) is 0 Å². The molecule has 1 aromatic heterocycles. The maximum absolute atomic E-state index is 11.8. The summed E-state index contributed by atoms with van der Waals surface area (Å²) in [5.74, 6) is 0.257. The molecule has 1 aliphatic rings. The first-order chi connectivity index (χ1) is 11.0.